The molecule has 1 aromatic carbocycles. The highest BCUT2D eigenvalue weighted by molar-refractivity contribution is 6.35. The van der Waals surface area contributed by atoms with E-state index in [0.717, 1.165) is 11.4 Å². The van der Waals surface area contributed by atoms with Crippen molar-refractivity contribution >= 4 is 28.9 Å². The number of nitrogens with two attached hydrogens (primary N) is 1. The van der Waals surface area contributed by atoms with Crippen molar-refractivity contribution in [3.8, 4) is 5.75 Å². The zero-order chi connectivity index (χ0) is 14.0. The number of halogens is 1. The summed E-state index contributed by atoms with van der Waals surface area (Å²) >= 11 is 6.16. The van der Waals surface area contributed by atoms with Gasteiger partial charge in [-0.3, -0.25) is 0 Å². The van der Waals surface area contributed by atoms with E-state index in [1.165, 1.54) is 0 Å². The summed E-state index contributed by atoms with van der Waals surface area (Å²) in [6.07, 6.45) is 0. The van der Waals surface area contributed by atoms with Crippen LogP contribution in [0.1, 0.15) is 5.82 Å². The minimum absolute atomic E-state index is 0.277. The summed E-state index contributed by atoms with van der Waals surface area (Å²) in [5.41, 5.74) is 6.66. The molecule has 2 aromatic rings. The molecule has 0 saturated heterocycles. The number of methoxy groups -OCH3 is 1. The summed E-state index contributed by atoms with van der Waals surface area (Å²) < 4.78 is 5.20. The molecule has 1 heterocycles. The number of aryl methyl sites for hydroxylation is 1. The fourth-order valence-electron chi connectivity index (χ4n) is 1.73. The summed E-state index contributed by atoms with van der Waals surface area (Å²) in [5, 5.41) is 0.343. The number of hydrogen-bond acceptors (Lipinski definition) is 5. The number of ether oxygens (including phenoxy) is 1. The second-order valence-corrected chi connectivity index (χ2v) is 4.43. The van der Waals surface area contributed by atoms with Gasteiger partial charge in [0.2, 0.25) is 0 Å². The molecule has 0 aliphatic rings. The van der Waals surface area contributed by atoms with Gasteiger partial charge in [-0.05, 0) is 19.1 Å². The number of hydrogen-bond donors (Lipinski definition) is 1. The van der Waals surface area contributed by atoms with Crippen LogP contribution >= 0.6 is 11.6 Å². The lowest BCUT2D eigenvalue weighted by molar-refractivity contribution is 0.415. The van der Waals surface area contributed by atoms with Crippen LogP contribution in [0.5, 0.6) is 5.75 Å². The first kappa shape index (κ1) is 13.4. The van der Waals surface area contributed by atoms with Gasteiger partial charge in [0.15, 0.2) is 5.82 Å². The molecule has 0 amide bonds. The van der Waals surface area contributed by atoms with Gasteiger partial charge in [0.1, 0.15) is 22.4 Å². The van der Waals surface area contributed by atoms with E-state index in [2.05, 4.69) is 9.97 Å². The number of aromatic nitrogens is 2. The Balaban J connectivity index is 2.46. The quantitative estimate of drug-likeness (QED) is 0.935. The molecular weight excluding hydrogens is 264 g/mol. The maximum atomic E-state index is 6.16. The minimum atomic E-state index is 0.277. The largest absolute Gasteiger partial charge is 0.497 e. The lowest BCUT2D eigenvalue weighted by Crippen LogP contribution is -2.14. The van der Waals surface area contributed by atoms with Crippen molar-refractivity contribution in [2.75, 3.05) is 24.8 Å². The first-order chi connectivity index (χ1) is 9.02. The van der Waals surface area contributed by atoms with Crippen molar-refractivity contribution in [2.45, 2.75) is 6.92 Å². The molecular formula is C13H15ClN4O. The molecule has 0 unspecified atom stereocenters. The Morgan fingerprint density at radius 2 is 2.05 bits per heavy atom. The third-order valence-corrected chi connectivity index (χ3v) is 3.09. The maximum Gasteiger partial charge on any atom is 0.157 e. The summed E-state index contributed by atoms with van der Waals surface area (Å²) in [4.78, 5) is 10.2. The summed E-state index contributed by atoms with van der Waals surface area (Å²) in [7, 11) is 3.49. The number of nitrogen functional groups attached to an aromatic ring is 1. The zero-order valence-corrected chi connectivity index (χ0v) is 11.8. The summed E-state index contributed by atoms with van der Waals surface area (Å²) in [6.45, 7) is 1.77. The highest BCUT2D eigenvalue weighted by Crippen LogP contribution is 2.32. The fourth-order valence-corrected chi connectivity index (χ4v) is 1.94. The Hall–Kier alpha value is -2.01. The molecule has 0 saturated carbocycles. The fraction of sp³-hybridized carbons (Fsp3) is 0.231. The number of benzene rings is 1. The van der Waals surface area contributed by atoms with Crippen LogP contribution in [0, 0.1) is 6.92 Å². The van der Waals surface area contributed by atoms with Crippen molar-refractivity contribution in [1.29, 1.82) is 0 Å². The van der Waals surface area contributed by atoms with Gasteiger partial charge in [0.25, 0.3) is 0 Å². The average molecular weight is 279 g/mol. The van der Waals surface area contributed by atoms with E-state index >= 15 is 0 Å². The van der Waals surface area contributed by atoms with E-state index < -0.39 is 0 Å². The molecule has 0 radical (unpaired) electrons. The van der Waals surface area contributed by atoms with Gasteiger partial charge in [0, 0.05) is 18.8 Å². The predicted octanol–water partition coefficient (Wildman–Crippen LogP) is 2.80. The lowest BCUT2D eigenvalue weighted by atomic mass is 10.2. The molecule has 0 atom stereocenters. The molecule has 0 aliphatic carbocycles. The lowest BCUT2D eigenvalue weighted by Gasteiger charge is -2.20. The zero-order valence-electron chi connectivity index (χ0n) is 11.0. The van der Waals surface area contributed by atoms with Gasteiger partial charge in [-0.1, -0.05) is 17.7 Å². The second-order valence-electron chi connectivity index (χ2n) is 4.05. The van der Waals surface area contributed by atoms with Crippen LogP contribution in [-0.2, 0) is 0 Å². The first-order valence-electron chi connectivity index (χ1n) is 5.70. The van der Waals surface area contributed by atoms with Crippen molar-refractivity contribution < 1.29 is 4.74 Å². The molecule has 5 nitrogen and oxygen atoms in total. The topological polar surface area (TPSA) is 64.3 Å². The van der Waals surface area contributed by atoms with Gasteiger partial charge >= 0.3 is 0 Å². The van der Waals surface area contributed by atoms with E-state index in [9.17, 15) is 0 Å². The Kier molecular flexibility index (Phi) is 3.76. The predicted molar refractivity (Wildman–Crippen MR) is 77.2 cm³/mol. The molecule has 2 N–H and O–H groups in total. The molecule has 1 aromatic heterocycles. The highest BCUT2D eigenvalue weighted by atomic mass is 35.5. The number of nitrogens with zero attached hydrogens (tertiary/aromatic N) is 3. The van der Waals surface area contributed by atoms with Crippen LogP contribution in [0.3, 0.4) is 0 Å². The van der Waals surface area contributed by atoms with Crippen LogP contribution < -0.4 is 15.4 Å². The summed E-state index contributed by atoms with van der Waals surface area (Å²) in [5.74, 6) is 2.18. The van der Waals surface area contributed by atoms with E-state index in [1.54, 1.807) is 14.0 Å². The van der Waals surface area contributed by atoms with Crippen LogP contribution in [0.15, 0.2) is 24.3 Å². The van der Waals surface area contributed by atoms with Gasteiger partial charge in [-0.2, -0.15) is 0 Å². The SMILES string of the molecule is COc1cccc(N(C)c2nc(C)nc(N)c2Cl)c1. The maximum absolute atomic E-state index is 6.16. The molecule has 2 rings (SSSR count). The van der Waals surface area contributed by atoms with Crippen molar-refractivity contribution in [2.24, 2.45) is 0 Å². The third kappa shape index (κ3) is 2.71. The van der Waals surface area contributed by atoms with Crippen molar-refractivity contribution in [3.63, 3.8) is 0 Å². The van der Waals surface area contributed by atoms with Gasteiger partial charge in [-0.25, -0.2) is 9.97 Å². The highest BCUT2D eigenvalue weighted by Gasteiger charge is 2.14. The van der Waals surface area contributed by atoms with E-state index in [-0.39, 0.29) is 5.82 Å². The number of rotatable bonds is 3. The Morgan fingerprint density at radius 3 is 2.74 bits per heavy atom. The first-order valence-corrected chi connectivity index (χ1v) is 6.08. The van der Waals surface area contributed by atoms with E-state index in [0.29, 0.717) is 16.7 Å². The average Bonchev–Trinajstić information content (AvgIpc) is 2.42. The normalized spacial score (nSPS) is 10.3. The Morgan fingerprint density at radius 1 is 1.32 bits per heavy atom. The second kappa shape index (κ2) is 5.32. The van der Waals surface area contributed by atoms with Crippen LogP contribution in [0.25, 0.3) is 0 Å². The van der Waals surface area contributed by atoms with Crippen LogP contribution in [0.2, 0.25) is 5.02 Å². The van der Waals surface area contributed by atoms with E-state index in [1.807, 2.05) is 36.2 Å². The van der Waals surface area contributed by atoms with Crippen LogP contribution in [-0.4, -0.2) is 24.1 Å². The van der Waals surface area contributed by atoms with Crippen molar-refractivity contribution in [1.82, 2.24) is 9.97 Å². The molecule has 0 bridgehead atoms. The minimum Gasteiger partial charge on any atom is -0.497 e. The number of anilines is 3. The molecule has 100 valence electrons. The van der Waals surface area contributed by atoms with Gasteiger partial charge < -0.3 is 15.4 Å². The van der Waals surface area contributed by atoms with E-state index in [4.69, 9.17) is 22.1 Å². The standard InChI is InChI=1S/C13H15ClN4O/c1-8-16-12(15)11(14)13(17-8)18(2)9-5-4-6-10(7-9)19-3/h4-7H,1-3H3,(H2,15,16,17). The molecule has 0 spiro atoms. The monoisotopic (exact) mass is 278 g/mol. The van der Waals surface area contributed by atoms with Gasteiger partial charge in [-0.15, -0.1) is 0 Å². The molecule has 6 heteroatoms. The third-order valence-electron chi connectivity index (χ3n) is 2.73. The van der Waals surface area contributed by atoms with Crippen LogP contribution in [0.4, 0.5) is 17.3 Å². The molecule has 0 fully saturated rings. The molecule has 0 aliphatic heterocycles. The van der Waals surface area contributed by atoms with Gasteiger partial charge in [0.05, 0.1) is 7.11 Å². The summed E-state index contributed by atoms with van der Waals surface area (Å²) in [6, 6.07) is 7.60. The smallest absolute Gasteiger partial charge is 0.157 e. The van der Waals surface area contributed by atoms with Crippen molar-refractivity contribution in [3.05, 3.63) is 35.1 Å². The Labute approximate surface area is 117 Å². The molecule has 19 heavy (non-hydrogen) atoms. The Bertz CT molecular complexity index is 603.